The first kappa shape index (κ1) is 22.8. The van der Waals surface area contributed by atoms with Crippen molar-refractivity contribution in [3.8, 4) is 5.75 Å². The molecule has 1 amide bonds. The van der Waals surface area contributed by atoms with Gasteiger partial charge in [0.05, 0.1) is 29.6 Å². The molecule has 0 saturated carbocycles. The normalized spacial score (nSPS) is 10.9. The maximum absolute atomic E-state index is 13.6. The number of anilines is 1. The highest BCUT2D eigenvalue weighted by Gasteiger charge is 2.24. The van der Waals surface area contributed by atoms with Gasteiger partial charge >= 0.3 is 0 Å². The predicted molar refractivity (Wildman–Crippen MR) is 137 cm³/mol. The molecule has 2 aromatic heterocycles. The van der Waals surface area contributed by atoms with Gasteiger partial charge in [-0.3, -0.25) is 14.5 Å². The second-order valence-corrected chi connectivity index (χ2v) is 9.05. The van der Waals surface area contributed by atoms with E-state index in [1.807, 2.05) is 18.2 Å². The molecule has 0 aliphatic rings. The summed E-state index contributed by atoms with van der Waals surface area (Å²) in [6.45, 7) is 0.177. The van der Waals surface area contributed by atoms with Crippen molar-refractivity contribution in [1.29, 1.82) is 0 Å². The lowest BCUT2D eigenvalue weighted by atomic mass is 10.0. The van der Waals surface area contributed by atoms with Gasteiger partial charge in [0.15, 0.2) is 10.9 Å². The van der Waals surface area contributed by atoms with E-state index in [1.165, 1.54) is 16.2 Å². The lowest BCUT2D eigenvalue weighted by Gasteiger charge is -2.19. The third-order valence-electron chi connectivity index (χ3n) is 5.47. The Morgan fingerprint density at radius 3 is 2.34 bits per heavy atom. The number of aromatic nitrogens is 1. The Labute approximate surface area is 210 Å². The van der Waals surface area contributed by atoms with Crippen molar-refractivity contribution in [3.63, 3.8) is 0 Å². The summed E-state index contributed by atoms with van der Waals surface area (Å²) in [4.78, 5) is 32.6. The highest BCUT2D eigenvalue weighted by molar-refractivity contribution is 7.23. The summed E-state index contributed by atoms with van der Waals surface area (Å²) >= 11 is 7.70. The zero-order valence-electron chi connectivity index (χ0n) is 18.6. The van der Waals surface area contributed by atoms with E-state index in [1.54, 1.807) is 74.0 Å². The number of nitrogens with zero attached hydrogens (tertiary/aromatic N) is 2. The smallest absolute Gasteiger partial charge is 0.260 e. The lowest BCUT2D eigenvalue weighted by molar-refractivity contribution is 0.0981. The van der Waals surface area contributed by atoms with Crippen LogP contribution in [-0.4, -0.2) is 23.8 Å². The number of benzene rings is 3. The van der Waals surface area contributed by atoms with E-state index in [-0.39, 0.29) is 18.2 Å². The first-order valence-electron chi connectivity index (χ1n) is 10.7. The van der Waals surface area contributed by atoms with Crippen LogP contribution in [0.15, 0.2) is 89.5 Å². The SMILES string of the molecule is COc1ccc(Cl)c2sc(N(Cc3ccco3)C(=O)c3ccc(C(=O)c4ccccc4)cc3)nc12. The fourth-order valence-electron chi connectivity index (χ4n) is 3.68. The molecular formula is C27H19ClN2O4S. The van der Waals surface area contributed by atoms with Crippen LogP contribution in [-0.2, 0) is 6.54 Å². The molecule has 3 aromatic carbocycles. The van der Waals surface area contributed by atoms with Gasteiger partial charge in [-0.2, -0.15) is 0 Å². The highest BCUT2D eigenvalue weighted by atomic mass is 35.5. The number of thiazole rings is 1. The standard InChI is InChI=1S/C27H19ClN2O4S/c1-33-22-14-13-21(28)25-23(22)29-27(35-25)30(16-20-8-5-15-34-20)26(32)19-11-9-18(10-12-19)24(31)17-6-3-2-4-7-17/h2-15H,16H2,1H3. The molecule has 0 aliphatic heterocycles. The maximum Gasteiger partial charge on any atom is 0.260 e. The second kappa shape index (κ2) is 9.74. The molecule has 0 spiro atoms. The zero-order chi connectivity index (χ0) is 24.4. The number of ketones is 1. The van der Waals surface area contributed by atoms with Crippen LogP contribution >= 0.6 is 22.9 Å². The van der Waals surface area contributed by atoms with Crippen LogP contribution in [0, 0.1) is 0 Å². The number of fused-ring (bicyclic) bond motifs is 1. The Kier molecular flexibility index (Phi) is 6.35. The summed E-state index contributed by atoms with van der Waals surface area (Å²) in [5, 5.41) is 0.982. The third-order valence-corrected chi connectivity index (χ3v) is 7.01. The van der Waals surface area contributed by atoms with Crippen LogP contribution < -0.4 is 9.64 Å². The molecular weight excluding hydrogens is 484 g/mol. The van der Waals surface area contributed by atoms with Crippen LogP contribution in [0.5, 0.6) is 5.75 Å². The molecule has 0 unspecified atom stereocenters. The molecule has 0 saturated heterocycles. The number of carbonyl (C=O) groups is 2. The molecule has 0 atom stereocenters. The Morgan fingerprint density at radius 2 is 1.66 bits per heavy atom. The van der Waals surface area contributed by atoms with Crippen LogP contribution in [0.4, 0.5) is 5.13 Å². The molecule has 6 nitrogen and oxygen atoms in total. The molecule has 0 bridgehead atoms. The molecule has 0 aliphatic carbocycles. The van der Waals surface area contributed by atoms with Gasteiger partial charge in [-0.05, 0) is 36.4 Å². The number of hydrogen-bond acceptors (Lipinski definition) is 6. The van der Waals surface area contributed by atoms with E-state index in [4.69, 9.17) is 20.8 Å². The molecule has 174 valence electrons. The molecule has 0 fully saturated rings. The fourth-order valence-corrected chi connectivity index (χ4v) is 4.94. The van der Waals surface area contributed by atoms with Crippen LogP contribution in [0.25, 0.3) is 10.2 Å². The van der Waals surface area contributed by atoms with E-state index >= 15 is 0 Å². The van der Waals surface area contributed by atoms with Crippen molar-refractivity contribution in [2.24, 2.45) is 0 Å². The monoisotopic (exact) mass is 502 g/mol. The minimum Gasteiger partial charge on any atom is -0.494 e. The summed E-state index contributed by atoms with van der Waals surface area (Å²) in [5.41, 5.74) is 2.09. The Morgan fingerprint density at radius 1 is 0.943 bits per heavy atom. The van der Waals surface area contributed by atoms with E-state index in [0.29, 0.717) is 43.9 Å². The van der Waals surface area contributed by atoms with Gasteiger partial charge in [0.1, 0.15) is 17.0 Å². The summed E-state index contributed by atoms with van der Waals surface area (Å²) in [6, 6.07) is 22.7. The highest BCUT2D eigenvalue weighted by Crippen LogP contribution is 2.39. The third kappa shape index (κ3) is 4.56. The van der Waals surface area contributed by atoms with E-state index in [0.717, 1.165) is 4.70 Å². The van der Waals surface area contributed by atoms with Crippen molar-refractivity contribution in [3.05, 3.63) is 113 Å². The quantitative estimate of drug-likeness (QED) is 0.233. The Balaban J connectivity index is 1.50. The predicted octanol–water partition coefficient (Wildman–Crippen LogP) is 6.63. The summed E-state index contributed by atoms with van der Waals surface area (Å²) in [6.07, 6.45) is 1.56. The van der Waals surface area contributed by atoms with Gasteiger partial charge in [0, 0.05) is 16.7 Å². The van der Waals surface area contributed by atoms with Gasteiger partial charge < -0.3 is 9.15 Å². The molecule has 2 heterocycles. The summed E-state index contributed by atoms with van der Waals surface area (Å²) in [5.74, 6) is 0.784. The molecule has 5 rings (SSSR count). The lowest BCUT2D eigenvalue weighted by Crippen LogP contribution is -2.30. The number of amides is 1. The molecule has 8 heteroatoms. The number of ether oxygens (including phenoxy) is 1. The fraction of sp³-hybridized carbons (Fsp3) is 0.0741. The molecule has 5 aromatic rings. The number of hydrogen-bond donors (Lipinski definition) is 0. The average molecular weight is 503 g/mol. The summed E-state index contributed by atoms with van der Waals surface area (Å²) < 4.78 is 11.7. The number of rotatable bonds is 7. The Hall–Kier alpha value is -3.94. The van der Waals surface area contributed by atoms with Gasteiger partial charge in [-0.25, -0.2) is 4.98 Å². The number of furan rings is 1. The minimum absolute atomic E-state index is 0.107. The van der Waals surface area contributed by atoms with E-state index in [2.05, 4.69) is 4.98 Å². The van der Waals surface area contributed by atoms with E-state index < -0.39 is 0 Å². The van der Waals surface area contributed by atoms with Crippen molar-refractivity contribution in [2.45, 2.75) is 6.54 Å². The topological polar surface area (TPSA) is 72.6 Å². The van der Waals surface area contributed by atoms with Gasteiger partial charge in [-0.1, -0.05) is 65.4 Å². The summed E-state index contributed by atoms with van der Waals surface area (Å²) in [7, 11) is 1.56. The van der Waals surface area contributed by atoms with Crippen molar-refractivity contribution < 1.29 is 18.7 Å². The van der Waals surface area contributed by atoms with Gasteiger partial charge in [0.2, 0.25) is 0 Å². The van der Waals surface area contributed by atoms with Crippen molar-refractivity contribution >= 4 is 50.0 Å². The van der Waals surface area contributed by atoms with Crippen molar-refractivity contribution in [1.82, 2.24) is 4.98 Å². The van der Waals surface area contributed by atoms with Crippen LogP contribution in [0.1, 0.15) is 32.0 Å². The second-order valence-electron chi connectivity index (χ2n) is 7.67. The minimum atomic E-state index is -0.283. The van der Waals surface area contributed by atoms with Crippen LogP contribution in [0.2, 0.25) is 5.02 Å². The number of halogens is 1. The first-order chi connectivity index (χ1) is 17.0. The van der Waals surface area contributed by atoms with Crippen LogP contribution in [0.3, 0.4) is 0 Å². The molecule has 0 radical (unpaired) electrons. The first-order valence-corrected chi connectivity index (χ1v) is 11.9. The zero-order valence-corrected chi connectivity index (χ0v) is 20.2. The molecule has 35 heavy (non-hydrogen) atoms. The Bertz CT molecular complexity index is 1500. The van der Waals surface area contributed by atoms with E-state index in [9.17, 15) is 9.59 Å². The van der Waals surface area contributed by atoms with Gasteiger partial charge in [-0.15, -0.1) is 0 Å². The number of carbonyl (C=O) groups excluding carboxylic acids is 2. The average Bonchev–Trinajstić information content (AvgIpc) is 3.58. The number of methoxy groups -OCH3 is 1. The maximum atomic E-state index is 13.6. The van der Waals surface area contributed by atoms with Crippen molar-refractivity contribution in [2.75, 3.05) is 12.0 Å². The largest absolute Gasteiger partial charge is 0.494 e. The molecule has 0 N–H and O–H groups in total. The van der Waals surface area contributed by atoms with Gasteiger partial charge in [0.25, 0.3) is 5.91 Å².